The van der Waals surface area contributed by atoms with Gasteiger partial charge in [-0.25, -0.2) is 4.79 Å². The first-order chi connectivity index (χ1) is 32.2. The second-order valence-corrected chi connectivity index (χ2v) is 17.6. The summed E-state index contributed by atoms with van der Waals surface area (Å²) in [5, 5.41) is 40.0. The van der Waals surface area contributed by atoms with E-state index in [1.54, 1.807) is 0 Å². The number of aliphatic hydroxyl groups is 3. The SMILES string of the molecule is CC/C=C\C/C=C\C/C=C\C/C=C\CCCCCCCCCCC(=O)OCC(COC1OC(C(=O)O)C(O)C(O)C1O)OC(=O)CCCCCCCCCCC/C=C\C/C=C\CCCCC. The Kier molecular flexibility index (Phi) is 40.6. The molecule has 0 bridgehead atoms. The first-order valence-electron chi connectivity index (χ1n) is 26.0. The largest absolute Gasteiger partial charge is 0.479 e. The lowest BCUT2D eigenvalue weighted by molar-refractivity contribution is -0.298. The third-order valence-electron chi connectivity index (χ3n) is 11.5. The van der Waals surface area contributed by atoms with Crippen LogP contribution in [-0.4, -0.2) is 88.4 Å². The molecule has 6 unspecified atom stereocenters. The molecule has 1 saturated heterocycles. The number of hydrogen-bond donors (Lipinski definition) is 4. The number of ether oxygens (including phenoxy) is 4. The van der Waals surface area contributed by atoms with Crippen molar-refractivity contribution < 1.29 is 53.8 Å². The molecular formula is C55H92O11. The van der Waals surface area contributed by atoms with Gasteiger partial charge in [0.1, 0.15) is 24.9 Å². The summed E-state index contributed by atoms with van der Waals surface area (Å²) in [5.74, 6) is -2.46. The van der Waals surface area contributed by atoms with Crippen LogP contribution in [0.4, 0.5) is 0 Å². The Morgan fingerprint density at radius 3 is 1.35 bits per heavy atom. The van der Waals surface area contributed by atoms with Gasteiger partial charge in [0.15, 0.2) is 18.5 Å². The fraction of sp³-hybridized carbons (Fsp3) is 0.727. The van der Waals surface area contributed by atoms with Crippen LogP contribution in [0, 0.1) is 0 Å². The van der Waals surface area contributed by atoms with Crippen LogP contribution in [0.2, 0.25) is 0 Å². The van der Waals surface area contributed by atoms with Gasteiger partial charge in [-0.1, -0.05) is 183 Å². The highest BCUT2D eigenvalue weighted by atomic mass is 16.7. The van der Waals surface area contributed by atoms with Crippen LogP contribution in [-0.2, 0) is 33.3 Å². The zero-order valence-corrected chi connectivity index (χ0v) is 41.2. The van der Waals surface area contributed by atoms with Gasteiger partial charge in [-0.15, -0.1) is 0 Å². The van der Waals surface area contributed by atoms with Gasteiger partial charge in [0.05, 0.1) is 6.61 Å². The van der Waals surface area contributed by atoms with Crippen molar-refractivity contribution in [2.75, 3.05) is 13.2 Å². The van der Waals surface area contributed by atoms with Crippen molar-refractivity contribution in [1.82, 2.24) is 0 Å². The van der Waals surface area contributed by atoms with E-state index in [9.17, 15) is 34.8 Å². The van der Waals surface area contributed by atoms with E-state index in [-0.39, 0.29) is 19.4 Å². The fourth-order valence-electron chi connectivity index (χ4n) is 7.49. The van der Waals surface area contributed by atoms with E-state index >= 15 is 0 Å². The Morgan fingerprint density at radius 2 is 0.894 bits per heavy atom. The maximum Gasteiger partial charge on any atom is 0.335 e. The first-order valence-corrected chi connectivity index (χ1v) is 26.0. The Balaban J connectivity index is 2.30. The number of unbranched alkanes of at least 4 members (excludes halogenated alkanes) is 20. The van der Waals surface area contributed by atoms with E-state index in [2.05, 4.69) is 86.8 Å². The molecule has 0 aromatic rings. The van der Waals surface area contributed by atoms with Crippen molar-refractivity contribution in [3.63, 3.8) is 0 Å². The van der Waals surface area contributed by atoms with Gasteiger partial charge in [-0.2, -0.15) is 0 Å². The van der Waals surface area contributed by atoms with Crippen LogP contribution in [0.3, 0.4) is 0 Å². The molecule has 4 N–H and O–H groups in total. The molecule has 0 spiro atoms. The molecule has 0 amide bonds. The molecule has 0 aromatic carbocycles. The van der Waals surface area contributed by atoms with Crippen molar-refractivity contribution in [2.24, 2.45) is 0 Å². The second-order valence-electron chi connectivity index (χ2n) is 17.6. The lowest BCUT2D eigenvalue weighted by Gasteiger charge is -2.38. The summed E-state index contributed by atoms with van der Waals surface area (Å²) in [6.07, 6.45) is 48.0. The molecular weight excluding hydrogens is 837 g/mol. The molecule has 0 aromatic heterocycles. The minimum Gasteiger partial charge on any atom is -0.479 e. The summed E-state index contributed by atoms with van der Waals surface area (Å²) in [7, 11) is 0. The van der Waals surface area contributed by atoms with Crippen LogP contribution < -0.4 is 0 Å². The number of carbonyl (C=O) groups excluding carboxylic acids is 2. The molecule has 1 aliphatic heterocycles. The van der Waals surface area contributed by atoms with Gasteiger partial charge in [-0.3, -0.25) is 9.59 Å². The molecule has 1 fully saturated rings. The van der Waals surface area contributed by atoms with Gasteiger partial charge < -0.3 is 39.4 Å². The summed E-state index contributed by atoms with van der Waals surface area (Å²) in [4.78, 5) is 37.0. The topological polar surface area (TPSA) is 169 Å². The molecule has 378 valence electrons. The predicted molar refractivity (Wildman–Crippen MR) is 266 cm³/mol. The number of carbonyl (C=O) groups is 3. The lowest BCUT2D eigenvalue weighted by atomic mass is 9.99. The van der Waals surface area contributed by atoms with E-state index in [0.717, 1.165) is 83.5 Å². The number of carboxylic acids is 1. The Morgan fingerprint density at radius 1 is 0.485 bits per heavy atom. The molecule has 6 atom stereocenters. The van der Waals surface area contributed by atoms with Gasteiger partial charge in [-0.05, 0) is 83.5 Å². The minimum absolute atomic E-state index is 0.173. The molecule has 11 nitrogen and oxygen atoms in total. The Hall–Kier alpha value is -3.35. The highest BCUT2D eigenvalue weighted by Crippen LogP contribution is 2.23. The number of rotatable bonds is 43. The van der Waals surface area contributed by atoms with Crippen LogP contribution in [0.5, 0.6) is 0 Å². The van der Waals surface area contributed by atoms with Crippen molar-refractivity contribution in [3.8, 4) is 0 Å². The highest BCUT2D eigenvalue weighted by Gasteiger charge is 2.47. The zero-order chi connectivity index (χ0) is 48.1. The number of carboxylic acid groups (broad SMARTS) is 1. The van der Waals surface area contributed by atoms with Crippen molar-refractivity contribution in [3.05, 3.63) is 72.9 Å². The normalized spacial score (nSPS) is 19.7. The second kappa shape index (κ2) is 44.2. The van der Waals surface area contributed by atoms with Gasteiger partial charge in [0.25, 0.3) is 0 Å². The summed E-state index contributed by atoms with van der Waals surface area (Å²) in [5.41, 5.74) is 0. The third kappa shape index (κ3) is 34.9. The third-order valence-corrected chi connectivity index (χ3v) is 11.5. The van der Waals surface area contributed by atoms with Crippen LogP contribution in [0.1, 0.15) is 206 Å². The first kappa shape index (κ1) is 60.7. The summed E-state index contributed by atoms with van der Waals surface area (Å²) >= 11 is 0. The molecule has 0 aliphatic carbocycles. The molecule has 1 aliphatic rings. The maximum absolute atomic E-state index is 12.8. The monoisotopic (exact) mass is 929 g/mol. The van der Waals surface area contributed by atoms with E-state index in [0.29, 0.717) is 12.8 Å². The average Bonchev–Trinajstić information content (AvgIpc) is 3.30. The van der Waals surface area contributed by atoms with Crippen LogP contribution >= 0.6 is 0 Å². The van der Waals surface area contributed by atoms with Crippen LogP contribution in [0.15, 0.2) is 72.9 Å². The zero-order valence-electron chi connectivity index (χ0n) is 41.2. The lowest BCUT2D eigenvalue weighted by Crippen LogP contribution is -2.60. The maximum atomic E-state index is 12.8. The summed E-state index contributed by atoms with van der Waals surface area (Å²) in [6, 6.07) is 0. The Labute approximate surface area is 399 Å². The number of allylic oxidation sites excluding steroid dienone is 12. The number of aliphatic carboxylic acids is 1. The van der Waals surface area contributed by atoms with Crippen LogP contribution in [0.25, 0.3) is 0 Å². The number of hydrogen-bond acceptors (Lipinski definition) is 10. The van der Waals surface area contributed by atoms with Gasteiger partial charge >= 0.3 is 17.9 Å². The molecule has 1 rings (SSSR count). The molecule has 66 heavy (non-hydrogen) atoms. The summed E-state index contributed by atoms with van der Waals surface area (Å²) < 4.78 is 21.8. The fourth-order valence-corrected chi connectivity index (χ4v) is 7.49. The van der Waals surface area contributed by atoms with Crippen molar-refractivity contribution >= 4 is 17.9 Å². The standard InChI is InChI=1S/C55H92O11/c1-3-5-7-9-11-13-15-17-19-21-23-24-26-27-29-31-33-35-37-39-41-43-48(56)63-45-47(46-64-55-52(60)50(58)51(59)53(66-55)54(61)62)65-49(57)44-42-40-38-36-34-32-30-28-25-22-20-18-16-14-12-10-8-6-4-2/h5,7,11-14,17-20,23-24,47,50-53,55,58-60H,3-4,6,8-10,15-16,21-22,25-46H2,1-2H3,(H,61,62)/b7-5-,13-11-,14-12-,19-17-,20-18-,24-23-. The number of aliphatic hydroxyl groups excluding tert-OH is 3. The minimum atomic E-state index is -1.87. The summed E-state index contributed by atoms with van der Waals surface area (Å²) in [6.45, 7) is 3.68. The molecule has 1 heterocycles. The number of esters is 2. The Bertz CT molecular complexity index is 1370. The van der Waals surface area contributed by atoms with E-state index < -0.39 is 61.3 Å². The smallest absolute Gasteiger partial charge is 0.335 e. The predicted octanol–water partition coefficient (Wildman–Crippen LogP) is 12.4. The van der Waals surface area contributed by atoms with Gasteiger partial charge in [0.2, 0.25) is 0 Å². The van der Waals surface area contributed by atoms with Gasteiger partial charge in [0, 0.05) is 12.8 Å². The van der Waals surface area contributed by atoms with Crippen molar-refractivity contribution in [1.29, 1.82) is 0 Å². The highest BCUT2D eigenvalue weighted by molar-refractivity contribution is 5.73. The average molecular weight is 929 g/mol. The van der Waals surface area contributed by atoms with E-state index in [1.165, 1.54) is 83.5 Å². The molecule has 0 saturated carbocycles. The molecule has 11 heteroatoms. The molecule has 0 radical (unpaired) electrons. The van der Waals surface area contributed by atoms with E-state index in [4.69, 9.17) is 18.9 Å². The van der Waals surface area contributed by atoms with Crippen molar-refractivity contribution in [2.45, 2.75) is 243 Å². The van der Waals surface area contributed by atoms with E-state index in [1.807, 2.05) is 0 Å². The quantitative estimate of drug-likeness (QED) is 0.0261.